The molecule has 1 aliphatic heterocycles. The number of hydrogen-bond donors (Lipinski definition) is 2. The summed E-state index contributed by atoms with van der Waals surface area (Å²) in [6, 6.07) is 10.6. The molecule has 32 heavy (non-hydrogen) atoms. The summed E-state index contributed by atoms with van der Waals surface area (Å²) < 4.78 is 22.5. The van der Waals surface area contributed by atoms with Gasteiger partial charge in [0.1, 0.15) is 11.6 Å². The van der Waals surface area contributed by atoms with E-state index in [1.165, 1.54) is 6.07 Å². The second-order valence-corrected chi connectivity index (χ2v) is 8.54. The summed E-state index contributed by atoms with van der Waals surface area (Å²) in [5.74, 6) is 0.536. The van der Waals surface area contributed by atoms with Crippen molar-refractivity contribution in [1.29, 1.82) is 0 Å². The maximum Gasteiger partial charge on any atom is 0.319 e. The van der Waals surface area contributed by atoms with E-state index in [9.17, 15) is 9.18 Å². The van der Waals surface area contributed by atoms with Gasteiger partial charge in [0.2, 0.25) is 0 Å². The maximum atomic E-state index is 14.7. The number of imidazole rings is 1. The summed E-state index contributed by atoms with van der Waals surface area (Å²) >= 11 is 0. The quantitative estimate of drug-likeness (QED) is 0.631. The Morgan fingerprint density at radius 1 is 1.19 bits per heavy atom. The van der Waals surface area contributed by atoms with Gasteiger partial charge in [0.15, 0.2) is 0 Å². The number of rotatable bonds is 5. The van der Waals surface area contributed by atoms with E-state index >= 15 is 0 Å². The third-order valence-electron chi connectivity index (χ3n) is 5.73. The first-order valence-corrected chi connectivity index (χ1v) is 11.0. The molecule has 7 nitrogen and oxygen atoms in total. The molecule has 1 fully saturated rings. The number of aromatic nitrogens is 2. The number of amides is 2. The Labute approximate surface area is 187 Å². The van der Waals surface area contributed by atoms with Gasteiger partial charge >= 0.3 is 6.03 Å². The van der Waals surface area contributed by atoms with Gasteiger partial charge in [0.25, 0.3) is 0 Å². The number of anilines is 2. The van der Waals surface area contributed by atoms with Crippen LogP contribution in [0.1, 0.15) is 25.2 Å². The molecule has 8 heteroatoms. The molecule has 0 aliphatic carbocycles. The fourth-order valence-corrected chi connectivity index (χ4v) is 4.26. The number of halogens is 1. The van der Waals surface area contributed by atoms with Crippen molar-refractivity contribution in [2.75, 3.05) is 29.9 Å². The van der Waals surface area contributed by atoms with E-state index in [1.807, 2.05) is 37.3 Å². The summed E-state index contributed by atoms with van der Waals surface area (Å²) in [5.41, 5.74) is 4.11. The van der Waals surface area contributed by atoms with Crippen LogP contribution in [-0.4, -0.2) is 47.4 Å². The van der Waals surface area contributed by atoms with E-state index in [4.69, 9.17) is 4.74 Å². The predicted molar refractivity (Wildman–Crippen MR) is 125 cm³/mol. The standard InChI is InChI=1S/C24H30FN5O2/c1-15-5-7-22-20(11-15)28-23(29(22)4)9-10-26-24(31)27-18-6-8-21(19(25)12-18)30-13-16(2)32-17(3)14-30/h5-8,11-12,16-17H,9-10,13-14H2,1-4H3,(H2,26,27,31)/t16-,17-/m0/s1. The van der Waals surface area contributed by atoms with Crippen LogP contribution >= 0.6 is 0 Å². The Hall–Kier alpha value is -3.13. The third kappa shape index (κ3) is 4.85. The Balaban J connectivity index is 1.32. The number of urea groups is 1. The number of aryl methyl sites for hydroxylation is 2. The number of hydrogen-bond acceptors (Lipinski definition) is 4. The largest absolute Gasteiger partial charge is 0.372 e. The number of ether oxygens (including phenoxy) is 1. The number of morpholine rings is 1. The summed E-state index contributed by atoms with van der Waals surface area (Å²) in [7, 11) is 1.97. The van der Waals surface area contributed by atoms with E-state index in [0.29, 0.717) is 37.4 Å². The summed E-state index contributed by atoms with van der Waals surface area (Å²) in [6.45, 7) is 7.70. The zero-order valence-corrected chi connectivity index (χ0v) is 19.0. The highest BCUT2D eigenvalue weighted by molar-refractivity contribution is 5.89. The van der Waals surface area contributed by atoms with Gasteiger partial charge < -0.3 is 24.8 Å². The Morgan fingerprint density at radius 3 is 2.66 bits per heavy atom. The summed E-state index contributed by atoms with van der Waals surface area (Å²) in [5, 5.41) is 5.52. The predicted octanol–water partition coefficient (Wildman–Crippen LogP) is 4.00. The number of carbonyl (C=O) groups is 1. The van der Waals surface area contributed by atoms with Crippen LogP contribution in [0.15, 0.2) is 36.4 Å². The lowest BCUT2D eigenvalue weighted by atomic mass is 10.2. The molecule has 2 atom stereocenters. The Morgan fingerprint density at radius 2 is 1.94 bits per heavy atom. The monoisotopic (exact) mass is 439 g/mol. The molecule has 0 radical (unpaired) electrons. The molecule has 4 rings (SSSR count). The first kappa shape index (κ1) is 22.1. The Kier molecular flexibility index (Phi) is 6.32. The van der Waals surface area contributed by atoms with E-state index in [0.717, 1.165) is 22.4 Å². The zero-order chi connectivity index (χ0) is 22.8. The topological polar surface area (TPSA) is 71.4 Å². The third-order valence-corrected chi connectivity index (χ3v) is 5.73. The van der Waals surface area contributed by atoms with Crippen LogP contribution in [0, 0.1) is 12.7 Å². The van der Waals surface area contributed by atoms with Crippen molar-refractivity contribution in [2.24, 2.45) is 7.05 Å². The van der Waals surface area contributed by atoms with Crippen LogP contribution < -0.4 is 15.5 Å². The van der Waals surface area contributed by atoms with E-state index < -0.39 is 0 Å². The molecule has 0 saturated carbocycles. The number of nitrogens with one attached hydrogen (secondary N) is 2. The lowest BCUT2D eigenvalue weighted by Crippen LogP contribution is -2.45. The molecule has 1 aromatic heterocycles. The first-order valence-electron chi connectivity index (χ1n) is 11.0. The van der Waals surface area contributed by atoms with Crippen LogP contribution in [0.4, 0.5) is 20.6 Å². The SMILES string of the molecule is Cc1ccc2c(c1)nc(CCNC(=O)Nc1ccc(N3C[C@H](C)O[C@@H](C)C3)c(F)c1)n2C. The van der Waals surface area contributed by atoms with Gasteiger partial charge in [-0.15, -0.1) is 0 Å². The number of fused-ring (bicyclic) bond motifs is 1. The molecule has 0 spiro atoms. The van der Waals surface area contributed by atoms with Crippen LogP contribution in [0.3, 0.4) is 0 Å². The lowest BCUT2D eigenvalue weighted by Gasteiger charge is -2.37. The van der Waals surface area contributed by atoms with Crippen molar-refractivity contribution < 1.29 is 13.9 Å². The highest BCUT2D eigenvalue weighted by Gasteiger charge is 2.24. The van der Waals surface area contributed by atoms with Gasteiger partial charge in [-0.25, -0.2) is 14.2 Å². The van der Waals surface area contributed by atoms with Gasteiger partial charge in [-0.1, -0.05) is 6.07 Å². The molecule has 2 N–H and O–H groups in total. The average Bonchev–Trinajstić information content (AvgIpc) is 3.02. The normalized spacial score (nSPS) is 18.7. The minimum atomic E-state index is -0.375. The smallest absolute Gasteiger partial charge is 0.319 e. The van der Waals surface area contributed by atoms with Gasteiger partial charge in [0.05, 0.1) is 28.9 Å². The molecule has 1 aliphatic rings. The van der Waals surface area contributed by atoms with Crippen molar-refractivity contribution in [3.05, 3.63) is 53.6 Å². The van der Waals surface area contributed by atoms with Crippen LogP contribution in [0.25, 0.3) is 11.0 Å². The second kappa shape index (κ2) is 9.16. The van der Waals surface area contributed by atoms with Crippen molar-refractivity contribution in [1.82, 2.24) is 14.9 Å². The number of nitrogens with zero attached hydrogens (tertiary/aromatic N) is 3. The minimum Gasteiger partial charge on any atom is -0.372 e. The lowest BCUT2D eigenvalue weighted by molar-refractivity contribution is -0.00539. The molecule has 2 aromatic carbocycles. The summed E-state index contributed by atoms with van der Waals surface area (Å²) in [6.07, 6.45) is 0.683. The number of carbonyl (C=O) groups excluding carboxylic acids is 1. The molecule has 0 bridgehead atoms. The summed E-state index contributed by atoms with van der Waals surface area (Å²) in [4.78, 5) is 18.9. The van der Waals surface area contributed by atoms with E-state index in [-0.39, 0.29) is 24.1 Å². The molecule has 0 unspecified atom stereocenters. The van der Waals surface area contributed by atoms with Crippen molar-refractivity contribution in [2.45, 2.75) is 39.4 Å². The van der Waals surface area contributed by atoms with Gasteiger partial charge in [0, 0.05) is 38.8 Å². The fourth-order valence-electron chi connectivity index (χ4n) is 4.26. The second-order valence-electron chi connectivity index (χ2n) is 8.54. The molecule has 1 saturated heterocycles. The maximum absolute atomic E-state index is 14.7. The molecular weight excluding hydrogens is 409 g/mol. The van der Waals surface area contributed by atoms with Gasteiger partial charge in [-0.2, -0.15) is 0 Å². The molecule has 3 aromatic rings. The average molecular weight is 440 g/mol. The molecule has 2 heterocycles. The van der Waals surface area contributed by atoms with Crippen LogP contribution in [0.2, 0.25) is 0 Å². The van der Waals surface area contributed by atoms with E-state index in [1.54, 1.807) is 12.1 Å². The first-order chi connectivity index (χ1) is 15.3. The minimum absolute atomic E-state index is 0.0436. The molecule has 2 amide bonds. The van der Waals surface area contributed by atoms with E-state index in [2.05, 4.69) is 33.8 Å². The van der Waals surface area contributed by atoms with Gasteiger partial charge in [-0.3, -0.25) is 0 Å². The Bertz CT molecular complexity index is 1120. The van der Waals surface area contributed by atoms with Crippen molar-refractivity contribution in [3.8, 4) is 0 Å². The molecule has 170 valence electrons. The zero-order valence-electron chi connectivity index (χ0n) is 19.0. The van der Waals surface area contributed by atoms with Crippen LogP contribution in [-0.2, 0) is 18.2 Å². The van der Waals surface area contributed by atoms with Crippen molar-refractivity contribution >= 4 is 28.4 Å². The number of benzene rings is 2. The molecular formula is C24H30FN5O2. The highest BCUT2D eigenvalue weighted by Crippen LogP contribution is 2.26. The van der Waals surface area contributed by atoms with Gasteiger partial charge in [-0.05, 0) is 56.7 Å². The fraction of sp³-hybridized carbons (Fsp3) is 0.417. The van der Waals surface area contributed by atoms with Crippen LogP contribution in [0.5, 0.6) is 0 Å². The highest BCUT2D eigenvalue weighted by atomic mass is 19.1. The van der Waals surface area contributed by atoms with Crippen molar-refractivity contribution in [3.63, 3.8) is 0 Å².